The lowest BCUT2D eigenvalue weighted by molar-refractivity contribution is -0.140. The summed E-state index contributed by atoms with van der Waals surface area (Å²) in [7, 11) is 1.25. The molecule has 0 saturated carbocycles. The highest BCUT2D eigenvalue weighted by Gasteiger charge is 2.18. The Balaban J connectivity index is 2.82. The molecule has 0 radical (unpaired) electrons. The van der Waals surface area contributed by atoms with E-state index in [0.29, 0.717) is 5.56 Å². The summed E-state index contributed by atoms with van der Waals surface area (Å²) in [5.41, 5.74) is 5.97. The zero-order valence-corrected chi connectivity index (χ0v) is 9.80. The van der Waals surface area contributed by atoms with Crippen LogP contribution in [0.4, 0.5) is 8.78 Å². The van der Waals surface area contributed by atoms with Crippen LogP contribution < -0.4 is 5.73 Å². The first-order valence-corrected chi connectivity index (χ1v) is 5.23. The van der Waals surface area contributed by atoms with Gasteiger partial charge in [0.05, 0.1) is 7.11 Å². The molecule has 1 aromatic carbocycles. The van der Waals surface area contributed by atoms with Crippen LogP contribution in [-0.4, -0.2) is 13.1 Å². The summed E-state index contributed by atoms with van der Waals surface area (Å²) in [5.74, 6) is -1.81. The van der Waals surface area contributed by atoms with Crippen molar-refractivity contribution >= 4 is 5.97 Å². The Morgan fingerprint density at radius 3 is 2.41 bits per heavy atom. The quantitative estimate of drug-likeness (QED) is 0.825. The van der Waals surface area contributed by atoms with Crippen molar-refractivity contribution in [1.29, 1.82) is 0 Å². The number of hydrogen-bond acceptors (Lipinski definition) is 3. The molecule has 3 nitrogen and oxygen atoms in total. The summed E-state index contributed by atoms with van der Waals surface area (Å²) in [5, 5.41) is 0. The molecule has 0 fully saturated rings. The van der Waals surface area contributed by atoms with Crippen LogP contribution in [0.15, 0.2) is 12.1 Å². The molecule has 0 aliphatic carbocycles. The van der Waals surface area contributed by atoms with Gasteiger partial charge >= 0.3 is 5.97 Å². The van der Waals surface area contributed by atoms with Gasteiger partial charge in [-0.3, -0.25) is 4.79 Å². The van der Waals surface area contributed by atoms with E-state index < -0.39 is 23.6 Å². The molecule has 0 aliphatic rings. The second-order valence-corrected chi connectivity index (χ2v) is 3.86. The summed E-state index contributed by atoms with van der Waals surface area (Å²) in [6.07, 6.45) is 0.175. The number of carbonyl (C=O) groups is 1. The van der Waals surface area contributed by atoms with Crippen molar-refractivity contribution in [2.45, 2.75) is 25.8 Å². The van der Waals surface area contributed by atoms with Crippen LogP contribution in [0.5, 0.6) is 0 Å². The largest absolute Gasteiger partial charge is 0.469 e. The van der Waals surface area contributed by atoms with E-state index in [2.05, 4.69) is 4.74 Å². The zero-order chi connectivity index (χ0) is 13.0. The van der Waals surface area contributed by atoms with E-state index in [4.69, 9.17) is 5.73 Å². The fraction of sp³-hybridized carbons (Fsp3) is 0.417. The third-order valence-corrected chi connectivity index (χ3v) is 2.48. The van der Waals surface area contributed by atoms with Crippen LogP contribution in [-0.2, 0) is 9.53 Å². The lowest BCUT2D eigenvalue weighted by atomic mass is 10.0. The molecule has 0 spiro atoms. The molecule has 0 aliphatic heterocycles. The Morgan fingerprint density at radius 1 is 1.41 bits per heavy atom. The normalized spacial score (nSPS) is 12.3. The van der Waals surface area contributed by atoms with Crippen molar-refractivity contribution in [3.63, 3.8) is 0 Å². The van der Waals surface area contributed by atoms with Gasteiger partial charge in [-0.25, -0.2) is 8.78 Å². The fourth-order valence-electron chi connectivity index (χ4n) is 1.58. The van der Waals surface area contributed by atoms with Crippen LogP contribution in [0.2, 0.25) is 0 Å². The highest BCUT2D eigenvalue weighted by Crippen LogP contribution is 2.23. The molecule has 94 valence electrons. The molecule has 1 aromatic rings. The van der Waals surface area contributed by atoms with E-state index in [1.165, 1.54) is 19.2 Å². The van der Waals surface area contributed by atoms with Crippen molar-refractivity contribution < 1.29 is 18.3 Å². The summed E-state index contributed by atoms with van der Waals surface area (Å²) < 4.78 is 31.5. The van der Waals surface area contributed by atoms with Gasteiger partial charge in [-0.1, -0.05) is 0 Å². The lowest BCUT2D eigenvalue weighted by Crippen LogP contribution is -2.16. The Hall–Kier alpha value is -1.49. The van der Waals surface area contributed by atoms with E-state index in [1.54, 1.807) is 6.92 Å². The molecule has 0 aromatic heterocycles. The third-order valence-electron chi connectivity index (χ3n) is 2.48. The van der Waals surface area contributed by atoms with Crippen LogP contribution in [0, 0.1) is 18.6 Å². The SMILES string of the molecule is COC(=O)CCC(N)c1c(F)cc(C)cc1F. The summed E-state index contributed by atoms with van der Waals surface area (Å²) in [6, 6.07) is 1.59. The van der Waals surface area contributed by atoms with Gasteiger partial charge < -0.3 is 10.5 Å². The zero-order valence-electron chi connectivity index (χ0n) is 9.80. The number of rotatable bonds is 4. The van der Waals surface area contributed by atoms with Gasteiger partial charge in [-0.15, -0.1) is 0 Å². The first kappa shape index (κ1) is 13.6. The van der Waals surface area contributed by atoms with Crippen molar-refractivity contribution in [3.05, 3.63) is 34.9 Å². The molecule has 1 unspecified atom stereocenters. The van der Waals surface area contributed by atoms with Crippen LogP contribution in [0.1, 0.15) is 30.0 Å². The average Bonchev–Trinajstić information content (AvgIpc) is 2.24. The lowest BCUT2D eigenvalue weighted by Gasteiger charge is -2.13. The maximum atomic E-state index is 13.5. The standard InChI is InChI=1S/C12H15F2NO2/c1-7-5-8(13)12(9(14)6-7)10(15)3-4-11(16)17-2/h5-6,10H,3-4,15H2,1-2H3. The Bertz CT molecular complexity index is 398. The van der Waals surface area contributed by atoms with Crippen LogP contribution in [0.3, 0.4) is 0 Å². The van der Waals surface area contributed by atoms with Gasteiger partial charge in [0.1, 0.15) is 11.6 Å². The predicted molar refractivity (Wildman–Crippen MR) is 59.3 cm³/mol. The molecule has 2 N–H and O–H groups in total. The summed E-state index contributed by atoms with van der Waals surface area (Å²) >= 11 is 0. The number of aryl methyl sites for hydroxylation is 1. The number of benzene rings is 1. The second-order valence-electron chi connectivity index (χ2n) is 3.86. The summed E-state index contributed by atoms with van der Waals surface area (Å²) in [6.45, 7) is 1.59. The Labute approximate surface area is 98.6 Å². The maximum absolute atomic E-state index is 13.5. The van der Waals surface area contributed by atoms with Gasteiger partial charge in [0.15, 0.2) is 0 Å². The topological polar surface area (TPSA) is 52.3 Å². The van der Waals surface area contributed by atoms with E-state index >= 15 is 0 Å². The third kappa shape index (κ3) is 3.49. The number of ether oxygens (including phenoxy) is 1. The van der Waals surface area contributed by atoms with Gasteiger partial charge in [0.25, 0.3) is 0 Å². The minimum absolute atomic E-state index is 0.0322. The molecule has 0 saturated heterocycles. The predicted octanol–water partition coefficient (Wildman–Crippen LogP) is 2.23. The Morgan fingerprint density at radius 2 is 1.94 bits per heavy atom. The fourth-order valence-corrected chi connectivity index (χ4v) is 1.58. The van der Waals surface area contributed by atoms with Gasteiger partial charge in [0, 0.05) is 18.0 Å². The first-order valence-electron chi connectivity index (χ1n) is 5.23. The number of halogens is 2. The van der Waals surface area contributed by atoms with E-state index in [0.717, 1.165) is 0 Å². The molecular weight excluding hydrogens is 228 g/mol. The Kier molecular flexibility index (Phi) is 4.57. The molecule has 17 heavy (non-hydrogen) atoms. The number of esters is 1. The molecule has 0 heterocycles. The number of nitrogens with two attached hydrogens (primary N) is 1. The minimum atomic E-state index is -0.852. The molecule has 0 bridgehead atoms. The molecular formula is C12H15F2NO2. The minimum Gasteiger partial charge on any atom is -0.469 e. The number of methoxy groups -OCH3 is 1. The van der Waals surface area contributed by atoms with E-state index in [1.807, 2.05) is 0 Å². The highest BCUT2D eigenvalue weighted by atomic mass is 19.1. The molecule has 0 amide bonds. The summed E-state index contributed by atoms with van der Waals surface area (Å²) in [4.78, 5) is 10.9. The van der Waals surface area contributed by atoms with Crippen molar-refractivity contribution in [3.8, 4) is 0 Å². The molecule has 5 heteroatoms. The van der Waals surface area contributed by atoms with Crippen molar-refractivity contribution in [1.82, 2.24) is 0 Å². The maximum Gasteiger partial charge on any atom is 0.305 e. The number of carbonyl (C=O) groups excluding carboxylic acids is 1. The smallest absolute Gasteiger partial charge is 0.305 e. The van der Waals surface area contributed by atoms with E-state index in [9.17, 15) is 13.6 Å². The van der Waals surface area contributed by atoms with Gasteiger partial charge in [0.2, 0.25) is 0 Å². The first-order chi connectivity index (χ1) is 7.95. The van der Waals surface area contributed by atoms with Gasteiger partial charge in [-0.05, 0) is 31.0 Å². The number of hydrogen-bond donors (Lipinski definition) is 1. The second kappa shape index (κ2) is 5.72. The van der Waals surface area contributed by atoms with Gasteiger partial charge in [-0.2, -0.15) is 0 Å². The van der Waals surface area contributed by atoms with Crippen LogP contribution >= 0.6 is 0 Å². The van der Waals surface area contributed by atoms with Crippen molar-refractivity contribution in [2.75, 3.05) is 7.11 Å². The average molecular weight is 243 g/mol. The molecule has 1 rings (SSSR count). The monoisotopic (exact) mass is 243 g/mol. The molecule has 1 atom stereocenters. The van der Waals surface area contributed by atoms with Crippen LogP contribution in [0.25, 0.3) is 0 Å². The van der Waals surface area contributed by atoms with Crippen molar-refractivity contribution in [2.24, 2.45) is 5.73 Å². The highest BCUT2D eigenvalue weighted by molar-refractivity contribution is 5.69. The van der Waals surface area contributed by atoms with E-state index in [-0.39, 0.29) is 18.4 Å².